The molecule has 0 bridgehead atoms. The summed E-state index contributed by atoms with van der Waals surface area (Å²) in [5.41, 5.74) is 3.65. The second-order valence-electron chi connectivity index (χ2n) is 8.65. The van der Waals surface area contributed by atoms with Crippen LogP contribution in [0.1, 0.15) is 65.8 Å². The molecule has 3 aromatic rings. The third-order valence-electron chi connectivity index (χ3n) is 6.21. The quantitative estimate of drug-likeness (QED) is 0.402. The van der Waals surface area contributed by atoms with Gasteiger partial charge in [0.15, 0.2) is 11.6 Å². The van der Waals surface area contributed by atoms with Crippen LogP contribution in [0.25, 0.3) is 0 Å². The fourth-order valence-corrected chi connectivity index (χ4v) is 4.36. The van der Waals surface area contributed by atoms with E-state index in [0.29, 0.717) is 17.2 Å². The van der Waals surface area contributed by atoms with E-state index in [1.54, 1.807) is 6.07 Å². The van der Waals surface area contributed by atoms with Gasteiger partial charge in [0.05, 0.1) is 25.1 Å². The summed E-state index contributed by atoms with van der Waals surface area (Å²) in [5.74, 6) is -0.169. The number of nitrogens with zero attached hydrogens (tertiary/aromatic N) is 2. The number of aromatic nitrogens is 2. The molecule has 2 N–H and O–H groups in total. The second-order valence-corrected chi connectivity index (χ2v) is 8.65. The van der Waals surface area contributed by atoms with E-state index in [4.69, 9.17) is 14.1 Å². The molecule has 0 saturated heterocycles. The van der Waals surface area contributed by atoms with E-state index in [0.717, 1.165) is 62.3 Å². The molecule has 3 heterocycles. The highest BCUT2D eigenvalue weighted by molar-refractivity contribution is 5.68. The van der Waals surface area contributed by atoms with E-state index in [9.17, 15) is 14.3 Å². The lowest BCUT2D eigenvalue weighted by Crippen LogP contribution is -2.14. The Kier molecular flexibility index (Phi) is 7.45. The molecular formula is C26H30FN3O4. The summed E-state index contributed by atoms with van der Waals surface area (Å²) >= 11 is 0. The van der Waals surface area contributed by atoms with Crippen molar-refractivity contribution in [3.8, 4) is 5.75 Å². The SMILES string of the molecule is COc1ccc([C@H](CC(=O)O)c2nc(CCCCc3ccc4c(n3)NCCC4)c(C)o2)cc1F. The van der Waals surface area contributed by atoms with Crippen molar-refractivity contribution in [1.29, 1.82) is 0 Å². The number of methoxy groups -OCH3 is 1. The third kappa shape index (κ3) is 5.55. The number of halogens is 1. The fourth-order valence-electron chi connectivity index (χ4n) is 4.36. The number of anilines is 1. The van der Waals surface area contributed by atoms with Gasteiger partial charge in [0, 0.05) is 12.2 Å². The average Bonchev–Trinajstić information content (AvgIpc) is 3.20. The zero-order chi connectivity index (χ0) is 24.1. The summed E-state index contributed by atoms with van der Waals surface area (Å²) in [6, 6.07) is 8.69. The maximum atomic E-state index is 14.3. The van der Waals surface area contributed by atoms with E-state index < -0.39 is 17.7 Å². The molecule has 0 radical (unpaired) electrons. The van der Waals surface area contributed by atoms with Crippen molar-refractivity contribution in [2.75, 3.05) is 19.0 Å². The first-order chi connectivity index (χ1) is 16.4. The van der Waals surface area contributed by atoms with Gasteiger partial charge in [-0.3, -0.25) is 4.79 Å². The highest BCUT2D eigenvalue weighted by atomic mass is 19.1. The molecule has 8 heteroatoms. The summed E-state index contributed by atoms with van der Waals surface area (Å²) in [5, 5.41) is 12.8. The predicted octanol–water partition coefficient (Wildman–Crippen LogP) is 5.06. The van der Waals surface area contributed by atoms with E-state index in [2.05, 4.69) is 22.4 Å². The van der Waals surface area contributed by atoms with Crippen LogP contribution in [0.3, 0.4) is 0 Å². The first-order valence-electron chi connectivity index (χ1n) is 11.7. The van der Waals surface area contributed by atoms with Crippen LogP contribution in [0.2, 0.25) is 0 Å². The number of carboxylic acids is 1. The van der Waals surface area contributed by atoms with Crippen LogP contribution < -0.4 is 10.1 Å². The Morgan fingerprint density at radius 2 is 2.06 bits per heavy atom. The molecule has 1 aliphatic heterocycles. The van der Waals surface area contributed by atoms with Crippen LogP contribution in [-0.2, 0) is 24.1 Å². The van der Waals surface area contributed by atoms with Crippen molar-refractivity contribution in [1.82, 2.24) is 9.97 Å². The number of benzene rings is 1. The lowest BCUT2D eigenvalue weighted by molar-refractivity contribution is -0.137. The van der Waals surface area contributed by atoms with Crippen molar-refractivity contribution in [2.45, 2.75) is 57.8 Å². The molecule has 0 amide bonds. The molecule has 2 aromatic heterocycles. The first-order valence-corrected chi connectivity index (χ1v) is 11.7. The minimum absolute atomic E-state index is 0.103. The summed E-state index contributed by atoms with van der Waals surface area (Å²) < 4.78 is 25.1. The van der Waals surface area contributed by atoms with Crippen LogP contribution in [0.5, 0.6) is 5.75 Å². The Balaban J connectivity index is 1.41. The van der Waals surface area contributed by atoms with Gasteiger partial charge in [-0.25, -0.2) is 14.4 Å². The number of carboxylic acid groups (broad SMARTS) is 1. The van der Waals surface area contributed by atoms with E-state index in [1.807, 2.05) is 6.92 Å². The van der Waals surface area contributed by atoms with Gasteiger partial charge in [0.1, 0.15) is 11.6 Å². The molecule has 1 atom stereocenters. The first kappa shape index (κ1) is 23.7. The minimum atomic E-state index is -1.01. The smallest absolute Gasteiger partial charge is 0.304 e. The van der Waals surface area contributed by atoms with Gasteiger partial charge in [0.2, 0.25) is 5.89 Å². The van der Waals surface area contributed by atoms with Crippen LogP contribution >= 0.6 is 0 Å². The molecule has 1 aliphatic rings. The number of hydrogen-bond donors (Lipinski definition) is 2. The third-order valence-corrected chi connectivity index (χ3v) is 6.21. The number of oxazole rings is 1. The number of ether oxygens (including phenoxy) is 1. The molecule has 180 valence electrons. The van der Waals surface area contributed by atoms with Crippen molar-refractivity contribution >= 4 is 11.8 Å². The Morgan fingerprint density at radius 1 is 1.24 bits per heavy atom. The fraction of sp³-hybridized carbons (Fsp3) is 0.423. The molecule has 7 nitrogen and oxygen atoms in total. The molecule has 0 aliphatic carbocycles. The largest absolute Gasteiger partial charge is 0.494 e. The topological polar surface area (TPSA) is 97.5 Å². The lowest BCUT2D eigenvalue weighted by atomic mass is 9.95. The Hall–Kier alpha value is -3.42. The average molecular weight is 468 g/mol. The van der Waals surface area contributed by atoms with Crippen molar-refractivity contribution < 1.29 is 23.4 Å². The zero-order valence-corrected chi connectivity index (χ0v) is 19.6. The maximum absolute atomic E-state index is 14.3. The zero-order valence-electron chi connectivity index (χ0n) is 19.6. The summed E-state index contributed by atoms with van der Waals surface area (Å²) in [7, 11) is 1.38. The maximum Gasteiger partial charge on any atom is 0.304 e. The molecule has 0 spiro atoms. The Labute approximate surface area is 198 Å². The van der Waals surface area contributed by atoms with Crippen LogP contribution in [-0.4, -0.2) is 34.7 Å². The van der Waals surface area contributed by atoms with Crippen molar-refractivity contribution in [3.63, 3.8) is 0 Å². The number of fused-ring (bicyclic) bond motifs is 1. The van der Waals surface area contributed by atoms with E-state index in [1.165, 1.54) is 24.8 Å². The number of aliphatic carboxylic acids is 1. The van der Waals surface area contributed by atoms with Crippen molar-refractivity contribution in [2.24, 2.45) is 0 Å². The van der Waals surface area contributed by atoms with Gasteiger partial charge < -0.3 is 19.6 Å². The van der Waals surface area contributed by atoms with E-state index >= 15 is 0 Å². The molecule has 0 saturated carbocycles. The number of rotatable bonds is 10. The lowest BCUT2D eigenvalue weighted by Gasteiger charge is -2.17. The highest BCUT2D eigenvalue weighted by Crippen LogP contribution is 2.32. The Morgan fingerprint density at radius 3 is 2.82 bits per heavy atom. The minimum Gasteiger partial charge on any atom is -0.494 e. The summed E-state index contributed by atoms with van der Waals surface area (Å²) in [4.78, 5) is 20.8. The van der Waals surface area contributed by atoms with Gasteiger partial charge >= 0.3 is 5.97 Å². The molecular weight excluding hydrogens is 437 g/mol. The van der Waals surface area contributed by atoms with Crippen LogP contribution in [0, 0.1) is 12.7 Å². The molecule has 0 unspecified atom stereocenters. The Bertz CT molecular complexity index is 1160. The molecule has 4 rings (SSSR count). The molecule has 0 fully saturated rings. The molecule has 34 heavy (non-hydrogen) atoms. The van der Waals surface area contributed by atoms with Crippen LogP contribution in [0.15, 0.2) is 34.7 Å². The molecule has 1 aromatic carbocycles. The van der Waals surface area contributed by atoms with Gasteiger partial charge in [-0.15, -0.1) is 0 Å². The second kappa shape index (κ2) is 10.7. The van der Waals surface area contributed by atoms with Crippen LogP contribution in [0.4, 0.5) is 10.2 Å². The van der Waals surface area contributed by atoms with E-state index in [-0.39, 0.29) is 12.2 Å². The summed E-state index contributed by atoms with van der Waals surface area (Å²) in [6.45, 7) is 2.80. The number of nitrogens with one attached hydrogen (secondary N) is 1. The number of carbonyl (C=O) groups is 1. The van der Waals surface area contributed by atoms with Crippen molar-refractivity contribution in [3.05, 3.63) is 70.3 Å². The normalized spacial score (nSPS) is 13.7. The van der Waals surface area contributed by atoms with Gasteiger partial charge in [-0.05, 0) is 74.8 Å². The summed E-state index contributed by atoms with van der Waals surface area (Å²) in [6.07, 6.45) is 5.43. The van der Waals surface area contributed by atoms with Gasteiger partial charge in [-0.2, -0.15) is 0 Å². The monoisotopic (exact) mass is 467 g/mol. The van der Waals surface area contributed by atoms with Gasteiger partial charge in [0.25, 0.3) is 0 Å². The number of unbranched alkanes of at least 4 members (excludes halogenated alkanes) is 1. The highest BCUT2D eigenvalue weighted by Gasteiger charge is 2.25. The number of hydrogen-bond acceptors (Lipinski definition) is 6. The standard InChI is InChI=1S/C26H30FN3O4/c1-16-22(8-4-3-7-19-11-9-17-6-5-13-28-25(17)29-19)30-26(34-16)20(15-24(31)32)18-10-12-23(33-2)21(27)14-18/h9-12,14,20H,3-8,13,15H2,1-2H3,(H,28,29)(H,31,32)/t20-/m0/s1. The predicted molar refractivity (Wildman–Crippen MR) is 126 cm³/mol. The number of aryl methyl sites for hydroxylation is 4. The van der Waals surface area contributed by atoms with Gasteiger partial charge in [-0.1, -0.05) is 12.1 Å². The number of pyridine rings is 1.